The van der Waals surface area contributed by atoms with Crippen LogP contribution in [0.15, 0.2) is 65.8 Å². The maximum Gasteiger partial charge on any atom is 0.264 e. The lowest BCUT2D eigenvalue weighted by atomic mass is 10.0. The Kier molecular flexibility index (Phi) is 9.41. The maximum absolute atomic E-state index is 13.2. The zero-order valence-electron chi connectivity index (χ0n) is 27.7. The largest absolute Gasteiger partial charge is 0.382 e. The zero-order chi connectivity index (χ0) is 35.5. The van der Waals surface area contributed by atoms with E-state index in [1.165, 1.54) is 6.33 Å². The number of ether oxygens (including phenoxy) is 2. The lowest BCUT2D eigenvalue weighted by Gasteiger charge is -2.27. The van der Waals surface area contributed by atoms with E-state index >= 15 is 0 Å². The summed E-state index contributed by atoms with van der Waals surface area (Å²) in [5.41, 5.74) is 2.91. The monoisotopic (exact) mass is 693 g/mol. The van der Waals surface area contributed by atoms with Crippen molar-refractivity contribution in [3.63, 3.8) is 0 Å². The van der Waals surface area contributed by atoms with Crippen LogP contribution in [0.3, 0.4) is 0 Å². The van der Waals surface area contributed by atoms with E-state index in [9.17, 15) is 24.0 Å². The molecular weight excluding hydrogens is 658 g/mol. The number of nitrogens with one attached hydrogen (secondary N) is 5. The molecule has 5 heterocycles. The highest BCUT2D eigenvalue weighted by Crippen LogP contribution is 2.33. The average molecular weight is 694 g/mol. The minimum Gasteiger partial charge on any atom is -0.382 e. The first-order chi connectivity index (χ1) is 24.8. The van der Waals surface area contributed by atoms with Crippen molar-refractivity contribution in [3.8, 4) is 0 Å². The molecule has 0 spiro atoms. The standard InChI is InChI=1S/C35H35N9O7/c1-36-27-18-24-30(33(47)39-19-38-24)31(41-27)40-22-5-3-7-25-20(22)10-12-43(25)13-15-51-17-16-50-14-11-37-23-6-2-4-21-29(23)35(49)44(34(21)48)26-8-9-28(45)42-32(26)46/h2-7,10,12,18-19,26,37H,8-9,11,13-17H2,1H3,(H2,36,40,41)(H,38,39,47)(H,42,45,46). The Morgan fingerprint density at radius 2 is 1.75 bits per heavy atom. The number of amides is 4. The molecule has 1 unspecified atom stereocenters. The Morgan fingerprint density at radius 1 is 0.941 bits per heavy atom. The van der Waals surface area contributed by atoms with Gasteiger partial charge in [0.05, 0.1) is 54.9 Å². The van der Waals surface area contributed by atoms with E-state index in [-0.39, 0.29) is 29.5 Å². The lowest BCUT2D eigenvalue weighted by Crippen LogP contribution is -2.54. The minimum atomic E-state index is -1.02. The SMILES string of the molecule is CNc1cc2nc[nH]c(=O)c2c(Nc2cccc3c2ccn3CCOCCOCCNc2cccc3c2C(=O)N(C2CCC(=O)NC2=O)C3=O)n1. The van der Waals surface area contributed by atoms with Gasteiger partial charge in [-0.25, -0.2) is 9.97 Å². The average Bonchev–Trinajstić information content (AvgIpc) is 3.66. The highest BCUT2D eigenvalue weighted by Gasteiger charge is 2.45. The van der Waals surface area contributed by atoms with Crippen molar-refractivity contribution < 1.29 is 28.7 Å². The number of carbonyl (C=O) groups is 4. The molecule has 1 atom stereocenters. The molecule has 16 heteroatoms. The van der Waals surface area contributed by atoms with Gasteiger partial charge in [0.25, 0.3) is 17.4 Å². The quantitative estimate of drug-likeness (QED) is 0.0842. The van der Waals surface area contributed by atoms with Crippen molar-refractivity contribution in [3.05, 3.63) is 82.5 Å². The fraction of sp³-hybridized carbons (Fsp3) is 0.286. The number of fused-ring (bicyclic) bond motifs is 3. The van der Waals surface area contributed by atoms with Gasteiger partial charge in [-0.3, -0.25) is 34.2 Å². The Bertz CT molecular complexity index is 2230. The lowest BCUT2D eigenvalue weighted by molar-refractivity contribution is -0.136. The second-order valence-corrected chi connectivity index (χ2v) is 11.9. The molecule has 0 aliphatic carbocycles. The highest BCUT2D eigenvalue weighted by atomic mass is 16.5. The number of carbonyl (C=O) groups excluding carboxylic acids is 4. The van der Waals surface area contributed by atoms with Crippen LogP contribution in [-0.2, 0) is 25.6 Å². The normalized spacial score (nSPS) is 15.8. The van der Waals surface area contributed by atoms with Gasteiger partial charge in [0.1, 0.15) is 23.1 Å². The molecule has 4 amide bonds. The first kappa shape index (κ1) is 33.4. The molecular formula is C35H35N9O7. The molecule has 3 aromatic heterocycles. The molecule has 0 radical (unpaired) electrons. The second kappa shape index (κ2) is 14.4. The molecule has 2 aliphatic heterocycles. The van der Waals surface area contributed by atoms with E-state index in [4.69, 9.17) is 9.47 Å². The Balaban J connectivity index is 0.876. The summed E-state index contributed by atoms with van der Waals surface area (Å²) in [7, 11) is 1.75. The Hall–Kier alpha value is -6.13. The number of rotatable bonds is 14. The van der Waals surface area contributed by atoms with Crippen LogP contribution in [0.25, 0.3) is 21.8 Å². The van der Waals surface area contributed by atoms with Gasteiger partial charge in [-0.2, -0.15) is 0 Å². The van der Waals surface area contributed by atoms with Crippen LogP contribution in [0.2, 0.25) is 0 Å². The number of benzene rings is 2. The van der Waals surface area contributed by atoms with E-state index in [0.29, 0.717) is 67.7 Å². The fourth-order valence-corrected chi connectivity index (χ4v) is 6.37. The molecule has 0 bridgehead atoms. The van der Waals surface area contributed by atoms with Crippen LogP contribution in [0, 0.1) is 0 Å². The van der Waals surface area contributed by atoms with E-state index in [1.807, 2.05) is 30.5 Å². The van der Waals surface area contributed by atoms with Crippen molar-refractivity contribution in [1.82, 2.24) is 29.7 Å². The summed E-state index contributed by atoms with van der Waals surface area (Å²) < 4.78 is 13.6. The molecule has 1 fully saturated rings. The van der Waals surface area contributed by atoms with Crippen molar-refractivity contribution in [2.24, 2.45) is 0 Å². The van der Waals surface area contributed by atoms with Crippen molar-refractivity contribution in [1.29, 1.82) is 0 Å². The number of imide groups is 2. The summed E-state index contributed by atoms with van der Waals surface area (Å²) in [5, 5.41) is 13.0. The van der Waals surface area contributed by atoms with Crippen LogP contribution >= 0.6 is 0 Å². The van der Waals surface area contributed by atoms with E-state index in [2.05, 4.69) is 40.8 Å². The number of nitrogens with zero attached hydrogens (tertiary/aromatic N) is 4. The van der Waals surface area contributed by atoms with Crippen molar-refractivity contribution in [2.45, 2.75) is 25.4 Å². The predicted molar refractivity (Wildman–Crippen MR) is 188 cm³/mol. The van der Waals surface area contributed by atoms with Crippen LogP contribution in [0.5, 0.6) is 0 Å². The molecule has 5 aromatic rings. The summed E-state index contributed by atoms with van der Waals surface area (Å²) in [5.74, 6) is -1.20. The predicted octanol–water partition coefficient (Wildman–Crippen LogP) is 2.60. The summed E-state index contributed by atoms with van der Waals surface area (Å²) in [6.07, 6.45) is 3.51. The number of aromatic nitrogens is 4. The number of pyridine rings is 1. The van der Waals surface area contributed by atoms with Crippen LogP contribution < -0.4 is 26.8 Å². The number of anilines is 4. The Labute approximate surface area is 290 Å². The summed E-state index contributed by atoms with van der Waals surface area (Å²) in [6.45, 7) is 2.50. The topological polar surface area (TPSA) is 202 Å². The molecule has 16 nitrogen and oxygen atoms in total. The molecule has 51 heavy (non-hydrogen) atoms. The molecule has 1 saturated heterocycles. The van der Waals surface area contributed by atoms with Gasteiger partial charge in [-0.15, -0.1) is 0 Å². The number of aromatic amines is 1. The second-order valence-electron chi connectivity index (χ2n) is 11.9. The highest BCUT2D eigenvalue weighted by molar-refractivity contribution is 6.25. The first-order valence-electron chi connectivity index (χ1n) is 16.5. The van der Waals surface area contributed by atoms with Gasteiger partial charge in [-0.1, -0.05) is 12.1 Å². The van der Waals surface area contributed by atoms with Crippen LogP contribution in [-0.4, -0.2) is 94.1 Å². The number of hydrogen-bond donors (Lipinski definition) is 5. The first-order valence-corrected chi connectivity index (χ1v) is 16.5. The maximum atomic E-state index is 13.2. The molecule has 5 N–H and O–H groups in total. The zero-order valence-corrected chi connectivity index (χ0v) is 27.7. The Morgan fingerprint density at radius 3 is 2.57 bits per heavy atom. The van der Waals surface area contributed by atoms with Gasteiger partial charge >= 0.3 is 0 Å². The summed E-state index contributed by atoms with van der Waals surface area (Å²) in [6, 6.07) is 13.5. The van der Waals surface area contributed by atoms with E-state index in [0.717, 1.165) is 21.5 Å². The number of hydrogen-bond acceptors (Lipinski definition) is 12. The molecule has 262 valence electrons. The molecule has 0 saturated carbocycles. The molecule has 2 aromatic carbocycles. The van der Waals surface area contributed by atoms with Gasteiger partial charge in [0.2, 0.25) is 11.8 Å². The van der Waals surface area contributed by atoms with Crippen LogP contribution in [0.1, 0.15) is 33.6 Å². The number of piperidine rings is 1. The smallest absolute Gasteiger partial charge is 0.264 e. The van der Waals surface area contributed by atoms with Gasteiger partial charge < -0.3 is 35.0 Å². The molecule has 7 rings (SSSR count). The minimum absolute atomic E-state index is 0.0601. The van der Waals surface area contributed by atoms with Gasteiger partial charge in [0.15, 0.2) is 0 Å². The number of H-pyrrole nitrogens is 1. The van der Waals surface area contributed by atoms with Crippen molar-refractivity contribution in [2.75, 3.05) is 56.0 Å². The van der Waals surface area contributed by atoms with Gasteiger partial charge in [-0.05, 0) is 36.8 Å². The van der Waals surface area contributed by atoms with Crippen LogP contribution in [0.4, 0.5) is 23.0 Å². The fourth-order valence-electron chi connectivity index (χ4n) is 6.37. The van der Waals surface area contributed by atoms with E-state index < -0.39 is 29.7 Å². The van der Waals surface area contributed by atoms with Gasteiger partial charge in [0, 0.05) is 55.6 Å². The third-order valence-corrected chi connectivity index (χ3v) is 8.83. The van der Waals surface area contributed by atoms with E-state index in [1.54, 1.807) is 31.3 Å². The molecule has 2 aliphatic rings. The van der Waals surface area contributed by atoms with Crippen molar-refractivity contribution >= 4 is 68.4 Å². The third-order valence-electron chi connectivity index (χ3n) is 8.83. The summed E-state index contributed by atoms with van der Waals surface area (Å²) >= 11 is 0. The third kappa shape index (κ3) is 6.61. The summed E-state index contributed by atoms with van der Waals surface area (Å²) in [4.78, 5) is 75.2.